The predicted molar refractivity (Wildman–Crippen MR) is 113 cm³/mol. The van der Waals surface area contributed by atoms with Gasteiger partial charge in [-0.05, 0) is 48.7 Å². The Kier molecular flexibility index (Phi) is 6.24. The van der Waals surface area contributed by atoms with E-state index in [4.69, 9.17) is 4.74 Å². The molecule has 0 aliphatic carbocycles. The van der Waals surface area contributed by atoms with E-state index in [2.05, 4.69) is 10.6 Å². The van der Waals surface area contributed by atoms with Gasteiger partial charge in [-0.15, -0.1) is 11.3 Å². The molecule has 5 nitrogen and oxygen atoms in total. The molecule has 0 unspecified atom stereocenters. The number of carbonyl (C=O) groups is 2. The summed E-state index contributed by atoms with van der Waals surface area (Å²) in [4.78, 5) is 26.3. The Hall–Kier alpha value is -3.38. The standard InChI is InChI=1S/C22H20N2O3S/c1-15-6-3-7-16(12-15)21(25)24-20(14-19-10-5-11-28-19)22(26)23-17-8-4-9-18(13-17)27-2/h3-14H,1-2H3,(H,23,26)(H,24,25)/b20-14-. The highest BCUT2D eigenvalue weighted by Gasteiger charge is 2.15. The summed E-state index contributed by atoms with van der Waals surface area (Å²) in [5.74, 6) is -0.125. The first-order valence-electron chi connectivity index (χ1n) is 8.64. The lowest BCUT2D eigenvalue weighted by Gasteiger charge is -2.12. The zero-order chi connectivity index (χ0) is 19.9. The molecule has 0 fully saturated rings. The van der Waals surface area contributed by atoms with Gasteiger partial charge in [-0.25, -0.2) is 0 Å². The van der Waals surface area contributed by atoms with Gasteiger partial charge in [0.2, 0.25) is 0 Å². The molecule has 28 heavy (non-hydrogen) atoms. The van der Waals surface area contributed by atoms with E-state index in [1.54, 1.807) is 49.6 Å². The Bertz CT molecular complexity index is 1010. The summed E-state index contributed by atoms with van der Waals surface area (Å²) in [5, 5.41) is 7.44. The molecule has 1 heterocycles. The van der Waals surface area contributed by atoms with Crippen molar-refractivity contribution in [1.29, 1.82) is 0 Å². The van der Waals surface area contributed by atoms with Crippen LogP contribution in [-0.2, 0) is 4.79 Å². The molecule has 1 aromatic heterocycles. The number of hydrogen-bond acceptors (Lipinski definition) is 4. The lowest BCUT2D eigenvalue weighted by atomic mass is 10.1. The number of hydrogen-bond donors (Lipinski definition) is 2. The van der Waals surface area contributed by atoms with Crippen molar-refractivity contribution in [1.82, 2.24) is 5.32 Å². The number of rotatable bonds is 6. The fraction of sp³-hybridized carbons (Fsp3) is 0.0909. The molecule has 142 valence electrons. The third-order valence-corrected chi connectivity index (χ3v) is 4.75. The zero-order valence-corrected chi connectivity index (χ0v) is 16.4. The van der Waals surface area contributed by atoms with Crippen LogP contribution in [-0.4, -0.2) is 18.9 Å². The first-order chi connectivity index (χ1) is 13.5. The van der Waals surface area contributed by atoms with Crippen LogP contribution in [0.2, 0.25) is 0 Å². The second-order valence-corrected chi connectivity index (χ2v) is 7.06. The highest BCUT2D eigenvalue weighted by Crippen LogP contribution is 2.18. The van der Waals surface area contributed by atoms with Crippen LogP contribution >= 0.6 is 11.3 Å². The molecule has 0 saturated heterocycles. The van der Waals surface area contributed by atoms with Crippen molar-refractivity contribution in [3.05, 3.63) is 87.7 Å². The molecule has 2 aromatic carbocycles. The molecule has 0 aliphatic rings. The molecule has 0 spiro atoms. The van der Waals surface area contributed by atoms with Crippen LogP contribution in [0.5, 0.6) is 5.75 Å². The van der Waals surface area contributed by atoms with E-state index in [1.807, 2.05) is 36.6 Å². The van der Waals surface area contributed by atoms with Crippen LogP contribution in [0.25, 0.3) is 6.08 Å². The number of benzene rings is 2. The van der Waals surface area contributed by atoms with Crippen LogP contribution < -0.4 is 15.4 Å². The molecular weight excluding hydrogens is 372 g/mol. The van der Waals surface area contributed by atoms with Gasteiger partial charge in [0.05, 0.1) is 7.11 Å². The maximum Gasteiger partial charge on any atom is 0.272 e. The largest absolute Gasteiger partial charge is 0.497 e. The first-order valence-corrected chi connectivity index (χ1v) is 9.52. The summed E-state index contributed by atoms with van der Waals surface area (Å²) in [5.41, 5.74) is 2.20. The topological polar surface area (TPSA) is 67.4 Å². The zero-order valence-electron chi connectivity index (χ0n) is 15.6. The maximum atomic E-state index is 12.8. The monoisotopic (exact) mass is 392 g/mol. The maximum absolute atomic E-state index is 12.8. The van der Waals surface area contributed by atoms with Crippen molar-refractivity contribution in [2.45, 2.75) is 6.92 Å². The van der Waals surface area contributed by atoms with Gasteiger partial charge in [0.1, 0.15) is 11.4 Å². The number of amides is 2. The molecule has 0 atom stereocenters. The van der Waals surface area contributed by atoms with E-state index in [9.17, 15) is 9.59 Å². The molecule has 3 aromatic rings. The van der Waals surface area contributed by atoms with Gasteiger partial charge in [-0.1, -0.05) is 29.8 Å². The molecule has 0 aliphatic heterocycles. The lowest BCUT2D eigenvalue weighted by molar-refractivity contribution is -0.113. The smallest absolute Gasteiger partial charge is 0.272 e. The Morgan fingerprint density at radius 1 is 1.04 bits per heavy atom. The number of aryl methyl sites for hydroxylation is 1. The van der Waals surface area contributed by atoms with Crippen LogP contribution in [0.1, 0.15) is 20.8 Å². The number of thiophene rings is 1. The SMILES string of the molecule is COc1cccc(NC(=O)/C(=C/c2cccs2)NC(=O)c2cccc(C)c2)c1. The van der Waals surface area contributed by atoms with Crippen LogP contribution in [0.15, 0.2) is 71.7 Å². The fourth-order valence-corrected chi connectivity index (χ4v) is 3.21. The van der Waals surface area contributed by atoms with Gasteiger partial charge < -0.3 is 15.4 Å². The van der Waals surface area contributed by atoms with E-state index < -0.39 is 5.91 Å². The first kappa shape index (κ1) is 19.4. The van der Waals surface area contributed by atoms with Crippen LogP contribution in [0.4, 0.5) is 5.69 Å². The van der Waals surface area contributed by atoms with Crippen molar-refractivity contribution in [3.8, 4) is 5.75 Å². The van der Waals surface area contributed by atoms with Crippen molar-refractivity contribution >= 4 is 34.9 Å². The number of methoxy groups -OCH3 is 1. The number of carbonyl (C=O) groups excluding carboxylic acids is 2. The number of anilines is 1. The Balaban J connectivity index is 1.84. The van der Waals surface area contributed by atoms with Crippen molar-refractivity contribution in [3.63, 3.8) is 0 Å². The molecule has 2 amide bonds. The van der Waals surface area contributed by atoms with E-state index in [0.717, 1.165) is 10.4 Å². The third-order valence-electron chi connectivity index (χ3n) is 3.93. The minimum absolute atomic E-state index is 0.164. The van der Waals surface area contributed by atoms with Gasteiger partial charge in [-0.3, -0.25) is 9.59 Å². The van der Waals surface area contributed by atoms with Gasteiger partial charge in [-0.2, -0.15) is 0 Å². The average molecular weight is 392 g/mol. The van der Waals surface area contributed by atoms with Crippen LogP contribution in [0, 0.1) is 6.92 Å². The van der Waals surface area contributed by atoms with Crippen molar-refractivity contribution < 1.29 is 14.3 Å². The predicted octanol–water partition coefficient (Wildman–Crippen LogP) is 4.47. The van der Waals surface area contributed by atoms with Gasteiger partial charge in [0.25, 0.3) is 11.8 Å². The van der Waals surface area contributed by atoms with Gasteiger partial charge in [0, 0.05) is 22.2 Å². The highest BCUT2D eigenvalue weighted by atomic mass is 32.1. The summed E-state index contributed by atoms with van der Waals surface area (Å²) < 4.78 is 5.18. The Morgan fingerprint density at radius 2 is 1.86 bits per heavy atom. The van der Waals surface area contributed by atoms with E-state index in [1.165, 1.54) is 11.3 Å². The molecule has 6 heteroatoms. The fourth-order valence-electron chi connectivity index (χ4n) is 2.55. The summed E-state index contributed by atoms with van der Waals surface area (Å²) in [6, 6.07) is 18.0. The molecule has 3 rings (SSSR count). The van der Waals surface area contributed by atoms with Crippen LogP contribution in [0.3, 0.4) is 0 Å². The van der Waals surface area contributed by atoms with Gasteiger partial charge in [0.15, 0.2) is 0 Å². The minimum atomic E-state index is -0.414. The summed E-state index contributed by atoms with van der Waals surface area (Å²) in [7, 11) is 1.56. The van der Waals surface area contributed by atoms with E-state index in [-0.39, 0.29) is 11.6 Å². The number of ether oxygens (including phenoxy) is 1. The molecule has 0 saturated carbocycles. The Morgan fingerprint density at radius 3 is 2.57 bits per heavy atom. The highest BCUT2D eigenvalue weighted by molar-refractivity contribution is 7.10. The van der Waals surface area contributed by atoms with Crippen molar-refractivity contribution in [2.75, 3.05) is 12.4 Å². The number of nitrogens with one attached hydrogen (secondary N) is 2. The molecule has 0 radical (unpaired) electrons. The van der Waals surface area contributed by atoms with Crippen molar-refractivity contribution in [2.24, 2.45) is 0 Å². The minimum Gasteiger partial charge on any atom is -0.497 e. The second kappa shape index (κ2) is 9.01. The lowest BCUT2D eigenvalue weighted by Crippen LogP contribution is -2.30. The quantitative estimate of drug-likeness (QED) is 0.608. The second-order valence-electron chi connectivity index (χ2n) is 6.08. The third kappa shape index (κ3) is 5.08. The molecule has 2 N–H and O–H groups in total. The summed E-state index contributed by atoms with van der Waals surface area (Å²) >= 11 is 1.48. The van der Waals surface area contributed by atoms with Gasteiger partial charge >= 0.3 is 0 Å². The summed E-state index contributed by atoms with van der Waals surface area (Å²) in [6.07, 6.45) is 1.66. The van der Waals surface area contributed by atoms with E-state index in [0.29, 0.717) is 17.0 Å². The summed E-state index contributed by atoms with van der Waals surface area (Å²) in [6.45, 7) is 1.91. The normalized spacial score (nSPS) is 11.0. The molecular formula is C22H20N2O3S. The molecule has 0 bridgehead atoms. The average Bonchev–Trinajstić information content (AvgIpc) is 3.20. The van der Waals surface area contributed by atoms with E-state index >= 15 is 0 Å². The Labute approximate surface area is 167 Å².